The molecule has 3 heterocycles. The average Bonchev–Trinajstić information content (AvgIpc) is 2.90. The lowest BCUT2D eigenvalue weighted by molar-refractivity contribution is -0.134. The van der Waals surface area contributed by atoms with Crippen LogP contribution in [0.15, 0.2) is 28.9 Å². The molecule has 1 unspecified atom stereocenters. The molecule has 0 saturated carbocycles. The standard InChI is InChI=1S/C19H27N5O2.ClH/c1-15-22-18(26-23-15)8-4-9-19(25)24(14-16-6-2-3-12-21-16)17-7-5-11-20-13-10-17;/h2-3,6,12,17,20H,4-5,7-11,13-14H2,1H3;1H. The molecule has 1 amide bonds. The molecule has 1 atom stereocenters. The van der Waals surface area contributed by atoms with Crippen molar-refractivity contribution >= 4 is 18.3 Å². The van der Waals surface area contributed by atoms with Crippen LogP contribution in [0, 0.1) is 6.92 Å². The molecule has 148 valence electrons. The maximum absolute atomic E-state index is 13.0. The lowest BCUT2D eigenvalue weighted by Gasteiger charge is -2.31. The number of nitrogens with zero attached hydrogens (tertiary/aromatic N) is 4. The van der Waals surface area contributed by atoms with Crippen LogP contribution >= 0.6 is 12.4 Å². The second-order valence-corrected chi connectivity index (χ2v) is 6.77. The first-order chi connectivity index (χ1) is 12.7. The number of aromatic nitrogens is 3. The van der Waals surface area contributed by atoms with Gasteiger partial charge in [-0.15, -0.1) is 12.4 Å². The molecule has 0 radical (unpaired) electrons. The number of carbonyl (C=O) groups is 1. The highest BCUT2D eigenvalue weighted by Crippen LogP contribution is 2.18. The van der Waals surface area contributed by atoms with Crippen molar-refractivity contribution in [3.05, 3.63) is 41.8 Å². The maximum Gasteiger partial charge on any atom is 0.226 e. The van der Waals surface area contributed by atoms with E-state index in [-0.39, 0.29) is 24.4 Å². The lowest BCUT2D eigenvalue weighted by Crippen LogP contribution is -2.40. The van der Waals surface area contributed by atoms with E-state index in [2.05, 4.69) is 20.4 Å². The fourth-order valence-corrected chi connectivity index (χ4v) is 3.38. The minimum atomic E-state index is 0. The summed E-state index contributed by atoms with van der Waals surface area (Å²) >= 11 is 0. The molecule has 2 aromatic heterocycles. The molecule has 0 spiro atoms. The summed E-state index contributed by atoms with van der Waals surface area (Å²) in [6.07, 6.45) is 6.73. The molecule has 0 aliphatic carbocycles. The molecule has 1 fully saturated rings. The van der Waals surface area contributed by atoms with Crippen LogP contribution in [0.5, 0.6) is 0 Å². The van der Waals surface area contributed by atoms with E-state index in [1.807, 2.05) is 23.1 Å². The van der Waals surface area contributed by atoms with E-state index in [0.29, 0.717) is 37.5 Å². The van der Waals surface area contributed by atoms with Gasteiger partial charge in [0.15, 0.2) is 5.82 Å². The van der Waals surface area contributed by atoms with Gasteiger partial charge in [-0.3, -0.25) is 9.78 Å². The van der Waals surface area contributed by atoms with Gasteiger partial charge in [0.25, 0.3) is 0 Å². The zero-order valence-corrected chi connectivity index (χ0v) is 16.6. The number of pyridine rings is 1. The first kappa shape index (κ1) is 21.3. The summed E-state index contributed by atoms with van der Waals surface area (Å²) in [7, 11) is 0. The van der Waals surface area contributed by atoms with Gasteiger partial charge >= 0.3 is 0 Å². The lowest BCUT2D eigenvalue weighted by atomic mass is 10.1. The van der Waals surface area contributed by atoms with Crippen LogP contribution in [0.3, 0.4) is 0 Å². The molecular weight excluding hydrogens is 366 g/mol. The van der Waals surface area contributed by atoms with Gasteiger partial charge in [-0.05, 0) is 57.8 Å². The summed E-state index contributed by atoms with van der Waals surface area (Å²) in [5, 5.41) is 7.21. The van der Waals surface area contributed by atoms with Crippen LogP contribution in [-0.4, -0.2) is 45.1 Å². The van der Waals surface area contributed by atoms with Gasteiger partial charge in [0.05, 0.1) is 12.2 Å². The summed E-state index contributed by atoms with van der Waals surface area (Å²) < 4.78 is 5.13. The molecule has 7 nitrogen and oxygen atoms in total. The van der Waals surface area contributed by atoms with Crippen LogP contribution in [0.25, 0.3) is 0 Å². The Hall–Kier alpha value is -1.99. The van der Waals surface area contributed by atoms with Gasteiger partial charge in [-0.2, -0.15) is 4.98 Å². The summed E-state index contributed by atoms with van der Waals surface area (Å²) in [6, 6.07) is 6.12. The van der Waals surface area contributed by atoms with Crippen molar-refractivity contribution in [2.75, 3.05) is 13.1 Å². The number of hydrogen-bond donors (Lipinski definition) is 1. The Morgan fingerprint density at radius 3 is 2.96 bits per heavy atom. The number of rotatable bonds is 7. The second-order valence-electron chi connectivity index (χ2n) is 6.77. The molecule has 1 aliphatic rings. The summed E-state index contributed by atoms with van der Waals surface area (Å²) in [5.41, 5.74) is 0.936. The van der Waals surface area contributed by atoms with Gasteiger partial charge < -0.3 is 14.7 Å². The predicted octanol–water partition coefficient (Wildman–Crippen LogP) is 2.69. The first-order valence-corrected chi connectivity index (χ1v) is 9.41. The van der Waals surface area contributed by atoms with Crippen LogP contribution < -0.4 is 5.32 Å². The van der Waals surface area contributed by atoms with Crippen molar-refractivity contribution in [2.45, 2.75) is 58.0 Å². The van der Waals surface area contributed by atoms with E-state index >= 15 is 0 Å². The Morgan fingerprint density at radius 2 is 2.22 bits per heavy atom. The van der Waals surface area contributed by atoms with Gasteiger partial charge in [0, 0.05) is 25.1 Å². The SMILES string of the molecule is Cc1noc(CCCC(=O)N(Cc2ccccn2)C2CCCNCC2)n1.Cl. The molecule has 1 saturated heterocycles. The molecule has 2 aromatic rings. The fourth-order valence-electron chi connectivity index (χ4n) is 3.38. The van der Waals surface area contributed by atoms with Crippen molar-refractivity contribution in [1.29, 1.82) is 0 Å². The molecule has 0 aromatic carbocycles. The zero-order chi connectivity index (χ0) is 18.2. The van der Waals surface area contributed by atoms with Gasteiger partial charge in [0.2, 0.25) is 11.8 Å². The molecule has 3 rings (SSSR count). The number of carbonyl (C=O) groups excluding carboxylic acids is 1. The van der Waals surface area contributed by atoms with E-state index in [9.17, 15) is 4.79 Å². The fraction of sp³-hybridized carbons (Fsp3) is 0.579. The smallest absolute Gasteiger partial charge is 0.226 e. The van der Waals surface area contributed by atoms with Gasteiger partial charge in [0.1, 0.15) is 0 Å². The highest BCUT2D eigenvalue weighted by Gasteiger charge is 2.25. The summed E-state index contributed by atoms with van der Waals surface area (Å²) in [5.74, 6) is 1.41. The third-order valence-electron chi connectivity index (χ3n) is 4.72. The summed E-state index contributed by atoms with van der Waals surface area (Å²) in [4.78, 5) is 23.6. The Bertz CT molecular complexity index is 686. The van der Waals surface area contributed by atoms with Crippen molar-refractivity contribution in [2.24, 2.45) is 0 Å². The minimum absolute atomic E-state index is 0. The molecule has 1 aliphatic heterocycles. The third-order valence-corrected chi connectivity index (χ3v) is 4.72. The van der Waals surface area contributed by atoms with Crippen molar-refractivity contribution in [3.8, 4) is 0 Å². The number of hydrogen-bond acceptors (Lipinski definition) is 6. The average molecular weight is 394 g/mol. The largest absolute Gasteiger partial charge is 0.339 e. The molecular formula is C19H28ClN5O2. The molecule has 1 N–H and O–H groups in total. The quantitative estimate of drug-likeness (QED) is 0.778. The number of amides is 1. The topological polar surface area (TPSA) is 84.2 Å². The summed E-state index contributed by atoms with van der Waals surface area (Å²) in [6.45, 7) is 4.35. The number of nitrogens with one attached hydrogen (secondary N) is 1. The number of halogens is 1. The monoisotopic (exact) mass is 393 g/mol. The predicted molar refractivity (Wildman–Crippen MR) is 105 cm³/mol. The Balaban J connectivity index is 0.00000261. The highest BCUT2D eigenvalue weighted by molar-refractivity contribution is 5.85. The van der Waals surface area contributed by atoms with E-state index < -0.39 is 0 Å². The minimum Gasteiger partial charge on any atom is -0.339 e. The van der Waals surface area contributed by atoms with Gasteiger partial charge in [-0.25, -0.2) is 0 Å². The van der Waals surface area contributed by atoms with Crippen LogP contribution in [0.2, 0.25) is 0 Å². The zero-order valence-electron chi connectivity index (χ0n) is 15.8. The Kier molecular flexibility index (Phi) is 8.67. The maximum atomic E-state index is 13.0. The van der Waals surface area contributed by atoms with Crippen molar-refractivity contribution in [3.63, 3.8) is 0 Å². The second kappa shape index (κ2) is 11.0. The molecule has 8 heteroatoms. The van der Waals surface area contributed by atoms with E-state index in [0.717, 1.165) is 38.0 Å². The molecule has 27 heavy (non-hydrogen) atoms. The van der Waals surface area contributed by atoms with Crippen LogP contribution in [0.1, 0.15) is 49.5 Å². The van der Waals surface area contributed by atoms with Crippen LogP contribution in [-0.2, 0) is 17.8 Å². The van der Waals surface area contributed by atoms with E-state index in [1.165, 1.54) is 0 Å². The van der Waals surface area contributed by atoms with Crippen molar-refractivity contribution < 1.29 is 9.32 Å². The first-order valence-electron chi connectivity index (χ1n) is 9.41. The third kappa shape index (κ3) is 6.59. The van der Waals surface area contributed by atoms with Crippen LogP contribution in [0.4, 0.5) is 0 Å². The highest BCUT2D eigenvalue weighted by atomic mass is 35.5. The van der Waals surface area contributed by atoms with Crippen molar-refractivity contribution in [1.82, 2.24) is 25.3 Å². The Labute approximate surface area is 166 Å². The molecule has 0 bridgehead atoms. The Morgan fingerprint density at radius 1 is 1.33 bits per heavy atom. The van der Waals surface area contributed by atoms with E-state index in [4.69, 9.17) is 4.52 Å². The normalized spacial score (nSPS) is 17.0. The van der Waals surface area contributed by atoms with E-state index in [1.54, 1.807) is 13.1 Å². The van der Waals surface area contributed by atoms with Gasteiger partial charge in [-0.1, -0.05) is 11.2 Å². The number of aryl methyl sites for hydroxylation is 2.